The van der Waals surface area contributed by atoms with Crippen molar-refractivity contribution in [1.82, 2.24) is 5.32 Å². The average molecular weight is 227 g/mol. The van der Waals surface area contributed by atoms with E-state index in [1.807, 2.05) is 0 Å². The van der Waals surface area contributed by atoms with Crippen molar-refractivity contribution in [3.8, 4) is 0 Å². The summed E-state index contributed by atoms with van der Waals surface area (Å²) in [4.78, 5) is 0. The van der Waals surface area contributed by atoms with Crippen LogP contribution in [0.15, 0.2) is 0 Å². The molecule has 1 N–H and O–H groups in total. The first kappa shape index (κ1) is 10.4. The molecular formula is C12H21NOS. The van der Waals surface area contributed by atoms with Crippen LogP contribution in [0.25, 0.3) is 0 Å². The summed E-state index contributed by atoms with van der Waals surface area (Å²) < 4.78 is 6.49. The summed E-state index contributed by atoms with van der Waals surface area (Å²) in [6.45, 7) is 1.11. The smallest absolute Gasteiger partial charge is 0.121 e. The molecule has 2 nitrogen and oxygen atoms in total. The molecule has 1 aliphatic carbocycles. The van der Waals surface area contributed by atoms with Crippen molar-refractivity contribution < 1.29 is 4.74 Å². The molecule has 2 saturated heterocycles. The largest absolute Gasteiger partial charge is 0.353 e. The molecule has 0 aromatic rings. The summed E-state index contributed by atoms with van der Waals surface area (Å²) in [5.74, 6) is 2.53. The Morgan fingerprint density at radius 2 is 1.67 bits per heavy atom. The minimum atomic E-state index is 0.0720. The second-order valence-corrected chi connectivity index (χ2v) is 6.53. The SMILES string of the molecule is C1CCC2(CC1)CNC1(CCSCC1)O2. The lowest BCUT2D eigenvalue weighted by Crippen LogP contribution is -2.44. The molecule has 15 heavy (non-hydrogen) atoms. The van der Waals surface area contributed by atoms with Crippen molar-refractivity contribution in [1.29, 1.82) is 0 Å². The molecule has 3 heteroatoms. The van der Waals surface area contributed by atoms with Crippen molar-refractivity contribution in [3.05, 3.63) is 0 Å². The minimum absolute atomic E-state index is 0.0720. The van der Waals surface area contributed by atoms with Crippen molar-refractivity contribution in [2.75, 3.05) is 18.1 Å². The number of hydrogen-bond donors (Lipinski definition) is 1. The zero-order chi connectivity index (χ0) is 10.2. The predicted molar refractivity (Wildman–Crippen MR) is 64.2 cm³/mol. The first-order valence-corrected chi connectivity index (χ1v) is 7.51. The van der Waals surface area contributed by atoms with E-state index in [0.717, 1.165) is 6.54 Å². The first-order chi connectivity index (χ1) is 7.33. The molecule has 0 aromatic heterocycles. The first-order valence-electron chi connectivity index (χ1n) is 6.36. The van der Waals surface area contributed by atoms with Crippen molar-refractivity contribution in [2.24, 2.45) is 0 Å². The van der Waals surface area contributed by atoms with Gasteiger partial charge in [-0.15, -0.1) is 0 Å². The molecule has 2 heterocycles. The van der Waals surface area contributed by atoms with Gasteiger partial charge >= 0.3 is 0 Å². The van der Waals surface area contributed by atoms with Crippen LogP contribution < -0.4 is 5.32 Å². The normalized spacial score (nSPS) is 33.6. The number of hydrogen-bond acceptors (Lipinski definition) is 3. The van der Waals surface area contributed by atoms with Crippen LogP contribution in [0, 0.1) is 0 Å². The van der Waals surface area contributed by atoms with Gasteiger partial charge in [-0.25, -0.2) is 0 Å². The van der Waals surface area contributed by atoms with E-state index in [2.05, 4.69) is 17.1 Å². The van der Waals surface area contributed by atoms with Crippen LogP contribution in [0.5, 0.6) is 0 Å². The van der Waals surface area contributed by atoms with Gasteiger partial charge in [-0.3, -0.25) is 5.32 Å². The highest BCUT2D eigenvalue weighted by molar-refractivity contribution is 7.99. The Bertz CT molecular complexity index is 208. The summed E-state index contributed by atoms with van der Waals surface area (Å²) >= 11 is 2.07. The van der Waals surface area contributed by atoms with Gasteiger partial charge in [-0.2, -0.15) is 11.8 Å². The molecule has 0 unspecified atom stereocenters. The monoisotopic (exact) mass is 227 g/mol. The maximum absolute atomic E-state index is 6.49. The van der Waals surface area contributed by atoms with E-state index in [1.165, 1.54) is 56.5 Å². The molecule has 3 aliphatic rings. The summed E-state index contributed by atoms with van der Waals surface area (Å²) in [6.07, 6.45) is 9.13. The maximum atomic E-state index is 6.49. The Morgan fingerprint density at radius 3 is 2.40 bits per heavy atom. The van der Waals surface area contributed by atoms with Gasteiger partial charge in [0.05, 0.1) is 5.60 Å². The van der Waals surface area contributed by atoms with Crippen LogP contribution in [0.4, 0.5) is 0 Å². The molecule has 1 saturated carbocycles. The lowest BCUT2D eigenvalue weighted by Gasteiger charge is -2.38. The summed E-state index contributed by atoms with van der Waals surface area (Å²) in [5, 5.41) is 3.70. The van der Waals surface area contributed by atoms with Crippen LogP contribution in [0.2, 0.25) is 0 Å². The lowest BCUT2D eigenvalue weighted by atomic mass is 9.85. The summed E-state index contributed by atoms with van der Waals surface area (Å²) in [7, 11) is 0. The van der Waals surface area contributed by atoms with Crippen LogP contribution in [-0.2, 0) is 4.74 Å². The topological polar surface area (TPSA) is 21.3 Å². The molecule has 3 rings (SSSR count). The number of thioether (sulfide) groups is 1. The van der Waals surface area contributed by atoms with E-state index >= 15 is 0 Å². The Balaban J connectivity index is 1.70. The molecule has 3 fully saturated rings. The molecule has 0 bridgehead atoms. The molecule has 2 spiro atoms. The van der Waals surface area contributed by atoms with Crippen LogP contribution in [0.3, 0.4) is 0 Å². The second kappa shape index (κ2) is 3.94. The highest BCUT2D eigenvalue weighted by Gasteiger charge is 2.49. The molecule has 0 amide bonds. The van der Waals surface area contributed by atoms with Gasteiger partial charge in [-0.05, 0) is 37.2 Å². The molecule has 0 aromatic carbocycles. The van der Waals surface area contributed by atoms with Gasteiger partial charge in [0.15, 0.2) is 0 Å². The zero-order valence-electron chi connectivity index (χ0n) is 9.39. The van der Waals surface area contributed by atoms with Gasteiger partial charge in [0.2, 0.25) is 0 Å². The summed E-state index contributed by atoms with van der Waals surface area (Å²) in [5.41, 5.74) is 0.294. The third kappa shape index (κ3) is 1.94. The molecule has 0 radical (unpaired) electrons. The fourth-order valence-electron chi connectivity index (χ4n) is 3.26. The fourth-order valence-corrected chi connectivity index (χ4v) is 4.42. The van der Waals surface area contributed by atoms with Gasteiger partial charge in [0, 0.05) is 6.54 Å². The van der Waals surface area contributed by atoms with Gasteiger partial charge in [-0.1, -0.05) is 19.3 Å². The Kier molecular flexibility index (Phi) is 2.74. The maximum Gasteiger partial charge on any atom is 0.121 e. The van der Waals surface area contributed by atoms with E-state index in [4.69, 9.17) is 4.74 Å². The zero-order valence-corrected chi connectivity index (χ0v) is 10.2. The average Bonchev–Trinajstić information content (AvgIpc) is 2.60. The highest BCUT2D eigenvalue weighted by atomic mass is 32.2. The van der Waals surface area contributed by atoms with E-state index < -0.39 is 0 Å². The third-order valence-electron chi connectivity index (χ3n) is 4.21. The van der Waals surface area contributed by atoms with Crippen LogP contribution in [-0.4, -0.2) is 29.4 Å². The second-order valence-electron chi connectivity index (χ2n) is 5.31. The van der Waals surface area contributed by atoms with Crippen molar-refractivity contribution >= 4 is 11.8 Å². The molecule has 86 valence electrons. The highest BCUT2D eigenvalue weighted by Crippen LogP contribution is 2.42. The van der Waals surface area contributed by atoms with Gasteiger partial charge < -0.3 is 4.74 Å². The third-order valence-corrected chi connectivity index (χ3v) is 5.20. The standard InChI is InChI=1S/C12H21NOS/c1-2-4-11(5-3-1)10-13-12(14-11)6-8-15-9-7-12/h13H,1-10H2. The van der Waals surface area contributed by atoms with Crippen molar-refractivity contribution in [3.63, 3.8) is 0 Å². The number of ether oxygens (including phenoxy) is 1. The quantitative estimate of drug-likeness (QED) is 0.687. The van der Waals surface area contributed by atoms with E-state index in [9.17, 15) is 0 Å². The number of rotatable bonds is 0. The van der Waals surface area contributed by atoms with E-state index in [-0.39, 0.29) is 11.3 Å². The lowest BCUT2D eigenvalue weighted by molar-refractivity contribution is -0.125. The van der Waals surface area contributed by atoms with Crippen LogP contribution >= 0.6 is 11.8 Å². The predicted octanol–water partition coefficient (Wildman–Crippen LogP) is 2.53. The van der Waals surface area contributed by atoms with Gasteiger partial charge in [0.1, 0.15) is 5.72 Å². The Morgan fingerprint density at radius 1 is 0.933 bits per heavy atom. The Labute approximate surface area is 96.5 Å². The summed E-state index contributed by atoms with van der Waals surface area (Å²) in [6, 6.07) is 0. The molecule has 2 aliphatic heterocycles. The van der Waals surface area contributed by atoms with E-state index in [0.29, 0.717) is 0 Å². The van der Waals surface area contributed by atoms with Gasteiger partial charge in [0.25, 0.3) is 0 Å². The minimum Gasteiger partial charge on any atom is -0.353 e. The van der Waals surface area contributed by atoms with Crippen molar-refractivity contribution in [2.45, 2.75) is 56.3 Å². The van der Waals surface area contributed by atoms with E-state index in [1.54, 1.807) is 0 Å². The Hall–Kier alpha value is 0.270. The number of nitrogens with one attached hydrogen (secondary N) is 1. The fraction of sp³-hybridized carbons (Fsp3) is 1.00. The van der Waals surface area contributed by atoms with Crippen LogP contribution in [0.1, 0.15) is 44.9 Å². The molecular weight excluding hydrogens is 206 g/mol. The molecule has 0 atom stereocenters.